The highest BCUT2D eigenvalue weighted by molar-refractivity contribution is 9.10. The van der Waals surface area contributed by atoms with Gasteiger partial charge in [0.2, 0.25) is 15.9 Å². The second-order valence-electron chi connectivity index (χ2n) is 9.71. The van der Waals surface area contributed by atoms with Crippen molar-refractivity contribution in [1.82, 2.24) is 19.5 Å². The summed E-state index contributed by atoms with van der Waals surface area (Å²) < 4.78 is 28.8. The molecule has 0 radical (unpaired) electrons. The number of carbonyl (C=O) groups excluding carboxylic acids is 1. The average Bonchev–Trinajstić information content (AvgIpc) is 2.90. The van der Waals surface area contributed by atoms with Gasteiger partial charge in [-0.2, -0.15) is 4.31 Å². The SMILES string of the molecule is O=C(O)NC1(CN2CCN(S(=O)(=O)c3ccc4cc(Br)ccc4c3)CC2=O)CCN(c2ccncc2)CC1. The molecule has 2 aromatic carbocycles. The molecule has 0 aliphatic carbocycles. The number of halogens is 1. The van der Waals surface area contributed by atoms with E-state index in [0.717, 1.165) is 20.9 Å². The molecule has 2 amide bonds. The Morgan fingerprint density at radius 2 is 1.68 bits per heavy atom. The fourth-order valence-electron chi connectivity index (χ4n) is 5.23. The van der Waals surface area contributed by atoms with E-state index >= 15 is 0 Å². The Morgan fingerprint density at radius 1 is 1.00 bits per heavy atom. The van der Waals surface area contributed by atoms with Gasteiger partial charge in [0.05, 0.1) is 17.0 Å². The number of fused-ring (bicyclic) bond motifs is 1. The van der Waals surface area contributed by atoms with Crippen LogP contribution in [0.1, 0.15) is 12.8 Å². The number of carboxylic acid groups (broad SMARTS) is 1. The zero-order chi connectivity index (χ0) is 26.9. The Labute approximate surface area is 229 Å². The smallest absolute Gasteiger partial charge is 0.405 e. The van der Waals surface area contributed by atoms with Crippen molar-refractivity contribution in [2.45, 2.75) is 23.3 Å². The first-order valence-electron chi connectivity index (χ1n) is 12.3. The maximum atomic E-state index is 13.4. The number of carbonyl (C=O) groups is 2. The van der Waals surface area contributed by atoms with Crippen LogP contribution in [0.3, 0.4) is 0 Å². The molecule has 3 heterocycles. The minimum Gasteiger partial charge on any atom is -0.465 e. The minimum atomic E-state index is -3.87. The second-order valence-corrected chi connectivity index (χ2v) is 12.6. The zero-order valence-electron chi connectivity index (χ0n) is 20.6. The van der Waals surface area contributed by atoms with Gasteiger partial charge in [0.15, 0.2) is 0 Å². The van der Waals surface area contributed by atoms with Crippen molar-refractivity contribution in [1.29, 1.82) is 0 Å². The Balaban J connectivity index is 1.27. The van der Waals surface area contributed by atoms with Crippen molar-refractivity contribution >= 4 is 54.4 Å². The lowest BCUT2D eigenvalue weighted by molar-refractivity contribution is -0.135. The highest BCUT2D eigenvalue weighted by Crippen LogP contribution is 2.29. The predicted octanol–water partition coefficient (Wildman–Crippen LogP) is 3.14. The second kappa shape index (κ2) is 10.5. The van der Waals surface area contributed by atoms with Crippen LogP contribution in [-0.4, -0.2) is 84.5 Å². The summed E-state index contributed by atoms with van der Waals surface area (Å²) in [7, 11) is -3.87. The number of sulfonamides is 1. The van der Waals surface area contributed by atoms with E-state index in [2.05, 4.69) is 31.1 Å². The molecule has 2 aliphatic rings. The summed E-state index contributed by atoms with van der Waals surface area (Å²) >= 11 is 3.42. The van der Waals surface area contributed by atoms with Gasteiger partial charge in [-0.3, -0.25) is 9.78 Å². The van der Waals surface area contributed by atoms with Gasteiger partial charge in [-0.15, -0.1) is 0 Å². The Bertz CT molecular complexity index is 1460. The molecule has 0 atom stereocenters. The maximum Gasteiger partial charge on any atom is 0.405 e. The Hall–Kier alpha value is -3.22. The molecule has 2 aliphatic heterocycles. The van der Waals surface area contributed by atoms with Crippen LogP contribution in [0, 0.1) is 0 Å². The number of pyridine rings is 1. The van der Waals surface area contributed by atoms with Crippen LogP contribution in [0.2, 0.25) is 0 Å². The molecule has 2 fully saturated rings. The molecule has 2 N–H and O–H groups in total. The third-order valence-electron chi connectivity index (χ3n) is 7.31. The van der Waals surface area contributed by atoms with Crippen LogP contribution < -0.4 is 10.2 Å². The number of rotatable bonds is 6. The standard InChI is InChI=1S/C26H28BrN5O5S/c27-21-3-1-20-16-23(4-2-19(20)15-21)38(36,37)32-14-13-31(24(33)17-32)18-26(29-25(34)35)7-11-30(12-8-26)22-5-9-28-10-6-22/h1-6,9-10,15-16,29H,7-8,11-14,17-18H2,(H,34,35). The monoisotopic (exact) mass is 601 g/mol. The molecule has 12 heteroatoms. The van der Waals surface area contributed by atoms with Gasteiger partial charge in [-0.05, 0) is 60.0 Å². The first kappa shape index (κ1) is 26.4. The van der Waals surface area contributed by atoms with Gasteiger partial charge in [-0.25, -0.2) is 13.2 Å². The van der Waals surface area contributed by atoms with Crippen molar-refractivity contribution in [2.24, 2.45) is 0 Å². The maximum absolute atomic E-state index is 13.4. The number of amides is 2. The Morgan fingerprint density at radius 3 is 2.37 bits per heavy atom. The molecule has 2 saturated heterocycles. The topological polar surface area (TPSA) is 123 Å². The first-order valence-corrected chi connectivity index (χ1v) is 14.5. The van der Waals surface area contributed by atoms with Gasteiger partial charge < -0.3 is 20.2 Å². The van der Waals surface area contributed by atoms with E-state index in [1.165, 1.54) is 4.31 Å². The number of piperidine rings is 1. The van der Waals surface area contributed by atoms with Gasteiger partial charge >= 0.3 is 6.09 Å². The van der Waals surface area contributed by atoms with Gasteiger partial charge in [-0.1, -0.05) is 28.1 Å². The summed E-state index contributed by atoms with van der Waals surface area (Å²) in [5, 5.41) is 13.9. The van der Waals surface area contributed by atoms with Crippen molar-refractivity contribution in [2.75, 3.05) is 44.2 Å². The van der Waals surface area contributed by atoms with E-state index in [1.807, 2.05) is 30.3 Å². The molecule has 10 nitrogen and oxygen atoms in total. The lowest BCUT2D eigenvalue weighted by Crippen LogP contribution is -2.63. The first-order chi connectivity index (χ1) is 18.1. The summed E-state index contributed by atoms with van der Waals surface area (Å²) in [6.07, 6.45) is 3.33. The van der Waals surface area contributed by atoms with E-state index in [1.54, 1.807) is 35.5 Å². The molecular formula is C26H28BrN5O5S. The van der Waals surface area contributed by atoms with E-state index in [0.29, 0.717) is 25.9 Å². The molecule has 200 valence electrons. The van der Waals surface area contributed by atoms with Crippen LogP contribution >= 0.6 is 15.9 Å². The molecule has 5 rings (SSSR count). The number of benzene rings is 2. The third-order valence-corrected chi connectivity index (χ3v) is 9.64. The van der Waals surface area contributed by atoms with Crippen LogP contribution in [-0.2, 0) is 14.8 Å². The highest BCUT2D eigenvalue weighted by atomic mass is 79.9. The summed E-state index contributed by atoms with van der Waals surface area (Å²) in [4.78, 5) is 32.7. The molecule has 0 unspecified atom stereocenters. The molecule has 1 aromatic heterocycles. The average molecular weight is 603 g/mol. The molecule has 3 aromatic rings. The van der Waals surface area contributed by atoms with Gasteiger partial charge in [0.1, 0.15) is 0 Å². The molecule has 0 bridgehead atoms. The summed E-state index contributed by atoms with van der Waals surface area (Å²) in [6.45, 7) is 1.47. The fraction of sp³-hybridized carbons (Fsp3) is 0.346. The van der Waals surface area contributed by atoms with E-state index in [-0.39, 0.29) is 37.0 Å². The number of anilines is 1. The quantitative estimate of drug-likeness (QED) is 0.445. The molecule has 0 spiro atoms. The number of nitrogens with one attached hydrogen (secondary N) is 1. The van der Waals surface area contributed by atoms with Gasteiger partial charge in [0.25, 0.3) is 0 Å². The number of nitrogens with zero attached hydrogens (tertiary/aromatic N) is 4. The van der Waals surface area contributed by atoms with Crippen molar-refractivity contribution in [3.8, 4) is 0 Å². The summed E-state index contributed by atoms with van der Waals surface area (Å²) in [6, 6.07) is 14.4. The minimum absolute atomic E-state index is 0.138. The normalized spacial score (nSPS) is 18.5. The van der Waals surface area contributed by atoms with Crippen LogP contribution in [0.15, 0.2) is 70.3 Å². The van der Waals surface area contributed by atoms with Gasteiger partial charge in [0, 0.05) is 55.3 Å². The van der Waals surface area contributed by atoms with Crippen LogP contribution in [0.4, 0.5) is 10.5 Å². The number of piperazine rings is 1. The summed E-state index contributed by atoms with van der Waals surface area (Å²) in [5.41, 5.74) is 0.207. The van der Waals surface area contributed by atoms with Crippen LogP contribution in [0.25, 0.3) is 10.8 Å². The van der Waals surface area contributed by atoms with Crippen molar-refractivity contribution in [3.63, 3.8) is 0 Å². The predicted molar refractivity (Wildman–Crippen MR) is 147 cm³/mol. The Kier molecular flexibility index (Phi) is 7.30. The molecule has 38 heavy (non-hydrogen) atoms. The van der Waals surface area contributed by atoms with E-state index in [4.69, 9.17) is 0 Å². The van der Waals surface area contributed by atoms with Crippen molar-refractivity contribution in [3.05, 3.63) is 65.4 Å². The molecule has 0 saturated carbocycles. The number of hydrogen-bond acceptors (Lipinski definition) is 6. The zero-order valence-corrected chi connectivity index (χ0v) is 23.0. The molecular weight excluding hydrogens is 574 g/mol. The van der Waals surface area contributed by atoms with Crippen LogP contribution in [0.5, 0.6) is 0 Å². The highest BCUT2D eigenvalue weighted by Gasteiger charge is 2.41. The summed E-state index contributed by atoms with van der Waals surface area (Å²) in [5.74, 6) is -0.340. The third kappa shape index (κ3) is 5.47. The van der Waals surface area contributed by atoms with E-state index < -0.39 is 21.7 Å². The number of hydrogen-bond donors (Lipinski definition) is 2. The lowest BCUT2D eigenvalue weighted by Gasteiger charge is -2.46. The van der Waals surface area contributed by atoms with Crippen molar-refractivity contribution < 1.29 is 23.1 Å². The largest absolute Gasteiger partial charge is 0.465 e. The lowest BCUT2D eigenvalue weighted by atomic mass is 9.86. The fourth-order valence-corrected chi connectivity index (χ4v) is 7.02. The van der Waals surface area contributed by atoms with E-state index in [9.17, 15) is 23.1 Å². The number of aromatic nitrogens is 1.